The van der Waals surface area contributed by atoms with Crippen LogP contribution in [0.2, 0.25) is 0 Å². The molecular formula is C18H20N4O2. The van der Waals surface area contributed by atoms with Crippen LogP contribution in [0.15, 0.2) is 48.7 Å². The van der Waals surface area contributed by atoms with Crippen LogP contribution in [0.25, 0.3) is 5.65 Å². The van der Waals surface area contributed by atoms with Gasteiger partial charge in [0.1, 0.15) is 5.75 Å². The van der Waals surface area contributed by atoms with Gasteiger partial charge in [-0.25, -0.2) is 0 Å². The first-order chi connectivity index (χ1) is 11.7. The molecule has 24 heavy (non-hydrogen) atoms. The normalized spacial score (nSPS) is 10.7. The summed E-state index contributed by atoms with van der Waals surface area (Å²) >= 11 is 0. The molecule has 3 aromatic rings. The molecule has 0 aliphatic carbocycles. The van der Waals surface area contributed by atoms with Gasteiger partial charge in [0.2, 0.25) is 5.91 Å². The van der Waals surface area contributed by atoms with Gasteiger partial charge < -0.3 is 10.1 Å². The lowest BCUT2D eigenvalue weighted by molar-refractivity contribution is -0.121. The second-order valence-electron chi connectivity index (χ2n) is 5.54. The number of hydrogen-bond acceptors (Lipinski definition) is 4. The summed E-state index contributed by atoms with van der Waals surface area (Å²) in [6, 6.07) is 13.5. The Hall–Kier alpha value is -2.89. The lowest BCUT2D eigenvalue weighted by Gasteiger charge is -2.08. The summed E-state index contributed by atoms with van der Waals surface area (Å²) in [5.74, 6) is 1.57. The Morgan fingerprint density at radius 2 is 2.00 bits per heavy atom. The summed E-state index contributed by atoms with van der Waals surface area (Å²) in [6.45, 7) is 2.89. The molecule has 0 aliphatic rings. The monoisotopic (exact) mass is 324 g/mol. The smallest absolute Gasteiger partial charge is 0.220 e. The Morgan fingerprint density at radius 1 is 1.17 bits per heavy atom. The van der Waals surface area contributed by atoms with Gasteiger partial charge in [-0.2, -0.15) is 0 Å². The molecule has 0 saturated carbocycles. The van der Waals surface area contributed by atoms with Gasteiger partial charge in [0.25, 0.3) is 0 Å². The minimum absolute atomic E-state index is 0.0175. The van der Waals surface area contributed by atoms with Gasteiger partial charge in [-0.05, 0) is 37.1 Å². The Morgan fingerprint density at radius 3 is 2.88 bits per heavy atom. The third kappa shape index (κ3) is 3.90. The van der Waals surface area contributed by atoms with Crippen molar-refractivity contribution in [1.29, 1.82) is 0 Å². The molecule has 2 heterocycles. The number of benzene rings is 1. The molecule has 0 radical (unpaired) electrons. The molecule has 1 N–H and O–H groups in total. The summed E-state index contributed by atoms with van der Waals surface area (Å²) < 4.78 is 7.55. The van der Waals surface area contributed by atoms with E-state index < -0.39 is 0 Å². The Bertz CT molecular complexity index is 829. The molecule has 6 heteroatoms. The number of carbonyl (C=O) groups excluding carboxylic acids is 1. The Kier molecular flexibility index (Phi) is 5.05. The number of rotatable bonds is 7. The average molecular weight is 324 g/mol. The van der Waals surface area contributed by atoms with Crippen LogP contribution in [-0.4, -0.2) is 27.1 Å². The van der Waals surface area contributed by atoms with Gasteiger partial charge in [-0.1, -0.05) is 24.3 Å². The number of carbonyl (C=O) groups is 1. The van der Waals surface area contributed by atoms with Crippen molar-refractivity contribution in [2.75, 3.05) is 6.61 Å². The van der Waals surface area contributed by atoms with Crippen LogP contribution in [-0.2, 0) is 11.3 Å². The van der Waals surface area contributed by atoms with Gasteiger partial charge in [-0.3, -0.25) is 9.20 Å². The van der Waals surface area contributed by atoms with E-state index in [-0.39, 0.29) is 5.91 Å². The fraction of sp³-hybridized carbons (Fsp3) is 0.278. The van der Waals surface area contributed by atoms with E-state index in [0.717, 1.165) is 22.8 Å². The number of amides is 1. The molecule has 0 fully saturated rings. The zero-order valence-electron chi connectivity index (χ0n) is 13.6. The van der Waals surface area contributed by atoms with Crippen LogP contribution in [0.3, 0.4) is 0 Å². The molecule has 0 aliphatic heterocycles. The molecule has 2 aromatic heterocycles. The highest BCUT2D eigenvalue weighted by atomic mass is 16.5. The molecule has 0 atom stereocenters. The molecule has 0 bridgehead atoms. The number of pyridine rings is 1. The van der Waals surface area contributed by atoms with E-state index in [1.807, 2.05) is 60.0 Å². The quantitative estimate of drug-likeness (QED) is 0.678. The van der Waals surface area contributed by atoms with E-state index >= 15 is 0 Å². The molecule has 6 nitrogen and oxygen atoms in total. The number of hydrogen-bond donors (Lipinski definition) is 1. The first-order valence-corrected chi connectivity index (χ1v) is 7.98. The summed E-state index contributed by atoms with van der Waals surface area (Å²) in [6.07, 6.45) is 2.97. The van der Waals surface area contributed by atoms with E-state index in [4.69, 9.17) is 4.74 Å². The van der Waals surface area contributed by atoms with Crippen molar-refractivity contribution >= 4 is 11.6 Å². The Balaban J connectivity index is 1.41. The van der Waals surface area contributed by atoms with Crippen molar-refractivity contribution in [1.82, 2.24) is 19.9 Å². The van der Waals surface area contributed by atoms with E-state index in [9.17, 15) is 4.79 Å². The van der Waals surface area contributed by atoms with Gasteiger partial charge >= 0.3 is 0 Å². The van der Waals surface area contributed by atoms with Crippen molar-refractivity contribution in [3.8, 4) is 5.75 Å². The van der Waals surface area contributed by atoms with Crippen LogP contribution in [0.5, 0.6) is 5.75 Å². The second kappa shape index (κ2) is 7.59. The average Bonchev–Trinajstić information content (AvgIpc) is 3.01. The van der Waals surface area contributed by atoms with E-state index in [1.165, 1.54) is 0 Å². The van der Waals surface area contributed by atoms with Crippen molar-refractivity contribution in [2.45, 2.75) is 26.3 Å². The molecule has 0 unspecified atom stereocenters. The molecule has 0 saturated heterocycles. The minimum Gasteiger partial charge on any atom is -0.493 e. The highest BCUT2D eigenvalue weighted by Gasteiger charge is 2.07. The van der Waals surface area contributed by atoms with E-state index in [0.29, 0.717) is 26.0 Å². The third-order valence-electron chi connectivity index (χ3n) is 3.73. The molecular weight excluding hydrogens is 304 g/mol. The van der Waals surface area contributed by atoms with Gasteiger partial charge in [0.15, 0.2) is 11.5 Å². The fourth-order valence-electron chi connectivity index (χ4n) is 2.41. The number of ether oxygens (including phenoxy) is 1. The Labute approximate surface area is 140 Å². The van der Waals surface area contributed by atoms with Gasteiger partial charge in [-0.15, -0.1) is 10.2 Å². The predicted molar refractivity (Wildman–Crippen MR) is 90.7 cm³/mol. The van der Waals surface area contributed by atoms with E-state index in [2.05, 4.69) is 15.5 Å². The van der Waals surface area contributed by atoms with E-state index in [1.54, 1.807) is 0 Å². The number of fused-ring (bicyclic) bond motifs is 1. The lowest BCUT2D eigenvalue weighted by Crippen LogP contribution is -2.24. The number of nitrogens with zero attached hydrogens (tertiary/aromatic N) is 3. The number of para-hydroxylation sites is 1. The summed E-state index contributed by atoms with van der Waals surface area (Å²) in [4.78, 5) is 11.9. The van der Waals surface area contributed by atoms with Gasteiger partial charge in [0.05, 0.1) is 13.2 Å². The van der Waals surface area contributed by atoms with Crippen molar-refractivity contribution < 1.29 is 9.53 Å². The summed E-state index contributed by atoms with van der Waals surface area (Å²) in [5.41, 5.74) is 1.87. The number of aromatic nitrogens is 3. The van der Waals surface area contributed by atoms with Crippen molar-refractivity contribution in [3.63, 3.8) is 0 Å². The van der Waals surface area contributed by atoms with Crippen LogP contribution < -0.4 is 10.1 Å². The van der Waals surface area contributed by atoms with Crippen LogP contribution in [0.4, 0.5) is 0 Å². The molecule has 124 valence electrons. The lowest BCUT2D eigenvalue weighted by atomic mass is 10.2. The predicted octanol–water partition coefficient (Wildman–Crippen LogP) is 2.51. The zero-order valence-corrected chi connectivity index (χ0v) is 13.6. The fourth-order valence-corrected chi connectivity index (χ4v) is 2.41. The van der Waals surface area contributed by atoms with Crippen molar-refractivity contribution in [2.24, 2.45) is 0 Å². The number of nitrogens with one attached hydrogen (secondary N) is 1. The maximum absolute atomic E-state index is 11.9. The third-order valence-corrected chi connectivity index (χ3v) is 3.73. The maximum Gasteiger partial charge on any atom is 0.220 e. The highest BCUT2D eigenvalue weighted by molar-refractivity contribution is 5.75. The molecule has 3 rings (SSSR count). The minimum atomic E-state index is -0.0175. The molecule has 1 aromatic carbocycles. The summed E-state index contributed by atoms with van der Waals surface area (Å²) in [5, 5.41) is 11.0. The SMILES string of the molecule is Cc1ccccc1OCCCC(=O)NCc1nnc2ccccn12. The second-order valence-corrected chi connectivity index (χ2v) is 5.54. The van der Waals surface area contributed by atoms with Crippen LogP contribution in [0, 0.1) is 6.92 Å². The zero-order chi connectivity index (χ0) is 16.8. The highest BCUT2D eigenvalue weighted by Crippen LogP contribution is 2.16. The first-order valence-electron chi connectivity index (χ1n) is 7.98. The van der Waals surface area contributed by atoms with Crippen LogP contribution in [0.1, 0.15) is 24.2 Å². The first kappa shape index (κ1) is 16.0. The van der Waals surface area contributed by atoms with Crippen molar-refractivity contribution in [3.05, 3.63) is 60.0 Å². The maximum atomic E-state index is 11.9. The summed E-state index contributed by atoms with van der Waals surface area (Å²) in [7, 11) is 0. The van der Waals surface area contributed by atoms with Gasteiger partial charge in [0, 0.05) is 12.6 Å². The molecule has 1 amide bonds. The van der Waals surface area contributed by atoms with Crippen LogP contribution >= 0.6 is 0 Å². The topological polar surface area (TPSA) is 68.5 Å². The standard InChI is InChI=1S/C18H20N4O2/c1-14-7-2-3-8-15(14)24-12-6-10-18(23)19-13-17-21-20-16-9-4-5-11-22(16)17/h2-5,7-9,11H,6,10,12-13H2,1H3,(H,19,23). The number of aryl methyl sites for hydroxylation is 1. The largest absolute Gasteiger partial charge is 0.493 e. The molecule has 0 spiro atoms.